The lowest BCUT2D eigenvalue weighted by Crippen LogP contribution is -2.13. The number of methoxy groups -OCH3 is 2. The molecule has 0 aliphatic carbocycles. The maximum absolute atomic E-state index is 5.39. The summed E-state index contributed by atoms with van der Waals surface area (Å²) < 4.78 is 12.8. The first-order valence-corrected chi connectivity index (χ1v) is 10.6. The zero-order chi connectivity index (χ0) is 22.5. The quantitative estimate of drug-likeness (QED) is 0.550. The molecule has 7 heteroatoms. The summed E-state index contributed by atoms with van der Waals surface area (Å²) in [6.45, 7) is 12.0. The number of rotatable bonds is 9. The summed E-state index contributed by atoms with van der Waals surface area (Å²) in [7, 11) is 3.30. The number of hydrogen-bond acceptors (Lipinski definition) is 6. The summed E-state index contributed by atoms with van der Waals surface area (Å²) in [5, 5.41) is 8.11. The van der Waals surface area contributed by atoms with E-state index in [1.165, 1.54) is 16.8 Å². The number of aromatic nitrogens is 4. The van der Waals surface area contributed by atoms with Gasteiger partial charge in [0.1, 0.15) is 11.6 Å². The van der Waals surface area contributed by atoms with E-state index in [4.69, 9.17) is 9.47 Å². The Labute approximate surface area is 184 Å². The van der Waals surface area contributed by atoms with Gasteiger partial charge in [-0.2, -0.15) is 5.10 Å². The van der Waals surface area contributed by atoms with Gasteiger partial charge < -0.3 is 14.8 Å². The van der Waals surface area contributed by atoms with Crippen molar-refractivity contribution in [3.05, 3.63) is 58.3 Å². The first-order valence-electron chi connectivity index (χ1n) is 10.6. The van der Waals surface area contributed by atoms with E-state index >= 15 is 0 Å². The Balaban J connectivity index is 1.66. The minimum absolute atomic E-state index is 0.227. The highest BCUT2D eigenvalue weighted by Gasteiger charge is 2.15. The highest BCUT2D eigenvalue weighted by Crippen LogP contribution is 2.27. The van der Waals surface area contributed by atoms with Gasteiger partial charge in [-0.3, -0.25) is 4.68 Å². The Bertz CT molecular complexity index is 1040. The molecule has 0 bridgehead atoms. The molecule has 3 rings (SSSR count). The fraction of sp³-hybridized carbons (Fsp3) is 0.458. The Morgan fingerprint density at radius 1 is 1.00 bits per heavy atom. The average Bonchev–Trinajstić information content (AvgIpc) is 2.99. The van der Waals surface area contributed by atoms with Crippen molar-refractivity contribution < 1.29 is 9.47 Å². The molecule has 31 heavy (non-hydrogen) atoms. The van der Waals surface area contributed by atoms with Gasteiger partial charge in [0.05, 0.1) is 25.6 Å². The number of anilines is 1. The second kappa shape index (κ2) is 9.81. The van der Waals surface area contributed by atoms with E-state index in [1.54, 1.807) is 14.2 Å². The van der Waals surface area contributed by atoms with E-state index in [1.807, 2.05) is 25.1 Å². The fourth-order valence-electron chi connectivity index (χ4n) is 3.62. The van der Waals surface area contributed by atoms with Crippen LogP contribution in [0.4, 0.5) is 5.82 Å². The minimum atomic E-state index is 0.227. The second-order valence-corrected chi connectivity index (χ2v) is 7.97. The van der Waals surface area contributed by atoms with Gasteiger partial charge in [0.2, 0.25) is 0 Å². The van der Waals surface area contributed by atoms with Crippen molar-refractivity contribution in [2.45, 2.75) is 53.5 Å². The van der Waals surface area contributed by atoms with Crippen LogP contribution in [0, 0.1) is 27.7 Å². The van der Waals surface area contributed by atoms with Crippen molar-refractivity contribution in [2.24, 2.45) is 0 Å². The van der Waals surface area contributed by atoms with E-state index in [2.05, 4.69) is 58.8 Å². The zero-order valence-electron chi connectivity index (χ0n) is 19.6. The van der Waals surface area contributed by atoms with Crippen LogP contribution in [0.2, 0.25) is 0 Å². The molecule has 0 spiro atoms. The molecule has 0 amide bonds. The molecule has 166 valence electrons. The van der Waals surface area contributed by atoms with Gasteiger partial charge in [-0.15, -0.1) is 0 Å². The normalized spacial score (nSPS) is 12.0. The van der Waals surface area contributed by atoms with Crippen molar-refractivity contribution in [1.82, 2.24) is 19.7 Å². The summed E-state index contributed by atoms with van der Waals surface area (Å²) in [5.74, 6) is 3.32. The Kier molecular flexibility index (Phi) is 7.15. The number of ether oxygens (including phenoxy) is 2. The summed E-state index contributed by atoms with van der Waals surface area (Å²) in [6.07, 6.45) is 0.847. The summed E-state index contributed by atoms with van der Waals surface area (Å²) in [4.78, 5) is 9.24. The van der Waals surface area contributed by atoms with Gasteiger partial charge in [-0.25, -0.2) is 9.97 Å². The highest BCUT2D eigenvalue weighted by atomic mass is 16.5. The van der Waals surface area contributed by atoms with Gasteiger partial charge >= 0.3 is 0 Å². The van der Waals surface area contributed by atoms with Gasteiger partial charge in [-0.05, 0) is 57.4 Å². The zero-order valence-corrected chi connectivity index (χ0v) is 19.6. The maximum atomic E-state index is 5.39. The Morgan fingerprint density at radius 3 is 2.39 bits per heavy atom. The van der Waals surface area contributed by atoms with Crippen LogP contribution in [0.15, 0.2) is 24.3 Å². The number of aryl methyl sites for hydroxylation is 2. The molecule has 0 radical (unpaired) electrons. The van der Waals surface area contributed by atoms with Crippen LogP contribution in [0.1, 0.15) is 46.9 Å². The van der Waals surface area contributed by atoms with Crippen LogP contribution < -0.4 is 14.8 Å². The van der Waals surface area contributed by atoms with Crippen molar-refractivity contribution in [3.63, 3.8) is 0 Å². The predicted octanol–water partition coefficient (Wildman–Crippen LogP) is 4.38. The summed E-state index contributed by atoms with van der Waals surface area (Å²) in [6, 6.07) is 8.04. The number of nitrogens with one attached hydrogen (secondary N) is 1. The first-order chi connectivity index (χ1) is 14.8. The van der Waals surface area contributed by atoms with Crippen LogP contribution in [0.3, 0.4) is 0 Å². The van der Waals surface area contributed by atoms with E-state index in [9.17, 15) is 0 Å². The van der Waals surface area contributed by atoms with Crippen molar-refractivity contribution in [2.75, 3.05) is 26.1 Å². The molecule has 3 aromatic rings. The SMILES string of the molecule is COc1ccc(CCNc2cc([C@@H](C)Cn3nc(C)c(C)c3C)nc(C)n2)cc1OC. The standard InChI is InChI=1S/C24H33N5O2/c1-15(14-29-18(4)16(2)17(3)28-29)21-13-24(27-19(5)26-21)25-11-10-20-8-9-22(30-6)23(12-20)31-7/h8-9,12-13,15H,10-11,14H2,1-7H3,(H,25,26,27)/t15-/m0/s1. The molecular formula is C24H33N5O2. The van der Waals surface area contributed by atoms with Crippen molar-refractivity contribution in [1.29, 1.82) is 0 Å². The number of hydrogen-bond donors (Lipinski definition) is 1. The molecule has 1 N–H and O–H groups in total. The van der Waals surface area contributed by atoms with Crippen LogP contribution in [-0.4, -0.2) is 40.5 Å². The van der Waals surface area contributed by atoms with E-state index < -0.39 is 0 Å². The minimum Gasteiger partial charge on any atom is -0.493 e. The molecule has 0 aliphatic rings. The molecule has 0 aliphatic heterocycles. The molecule has 1 aromatic carbocycles. The lowest BCUT2D eigenvalue weighted by Gasteiger charge is -2.15. The fourth-order valence-corrected chi connectivity index (χ4v) is 3.62. The highest BCUT2D eigenvalue weighted by molar-refractivity contribution is 5.43. The number of benzene rings is 1. The Hall–Kier alpha value is -3.09. The van der Waals surface area contributed by atoms with Gasteiger partial charge in [0.25, 0.3) is 0 Å². The van der Waals surface area contributed by atoms with Crippen molar-refractivity contribution in [3.8, 4) is 11.5 Å². The average molecular weight is 424 g/mol. The lowest BCUT2D eigenvalue weighted by atomic mass is 10.1. The number of nitrogens with zero attached hydrogens (tertiary/aromatic N) is 4. The maximum Gasteiger partial charge on any atom is 0.160 e. The molecule has 7 nitrogen and oxygen atoms in total. The molecule has 1 atom stereocenters. The third-order valence-corrected chi connectivity index (χ3v) is 5.72. The van der Waals surface area contributed by atoms with E-state index in [0.29, 0.717) is 0 Å². The second-order valence-electron chi connectivity index (χ2n) is 7.97. The van der Waals surface area contributed by atoms with Crippen molar-refractivity contribution >= 4 is 5.82 Å². The molecular weight excluding hydrogens is 390 g/mol. The largest absolute Gasteiger partial charge is 0.493 e. The van der Waals surface area contributed by atoms with Crippen LogP contribution in [0.25, 0.3) is 0 Å². The molecule has 0 fully saturated rings. The molecule has 2 heterocycles. The summed E-state index contributed by atoms with van der Waals surface area (Å²) in [5.41, 5.74) is 5.74. The van der Waals surface area contributed by atoms with E-state index in [0.717, 1.165) is 54.0 Å². The van der Waals surface area contributed by atoms with Crippen LogP contribution >= 0.6 is 0 Å². The van der Waals surface area contributed by atoms with Gasteiger partial charge in [0.15, 0.2) is 11.5 Å². The Morgan fingerprint density at radius 2 is 1.74 bits per heavy atom. The molecule has 0 saturated carbocycles. The lowest BCUT2D eigenvalue weighted by molar-refractivity contribution is 0.354. The third-order valence-electron chi connectivity index (χ3n) is 5.72. The molecule has 0 unspecified atom stereocenters. The summed E-state index contributed by atoms with van der Waals surface area (Å²) >= 11 is 0. The topological polar surface area (TPSA) is 74.1 Å². The third kappa shape index (κ3) is 5.34. The molecule has 2 aromatic heterocycles. The van der Waals surface area contributed by atoms with Crippen LogP contribution in [-0.2, 0) is 13.0 Å². The first kappa shape index (κ1) is 22.6. The van der Waals surface area contributed by atoms with Gasteiger partial charge in [-0.1, -0.05) is 13.0 Å². The van der Waals surface area contributed by atoms with Gasteiger partial charge in [0, 0.05) is 30.8 Å². The monoisotopic (exact) mass is 423 g/mol. The predicted molar refractivity (Wildman–Crippen MR) is 123 cm³/mol. The smallest absolute Gasteiger partial charge is 0.160 e. The van der Waals surface area contributed by atoms with Crippen LogP contribution in [0.5, 0.6) is 11.5 Å². The van der Waals surface area contributed by atoms with E-state index in [-0.39, 0.29) is 5.92 Å². The molecule has 0 saturated heterocycles.